The Morgan fingerprint density at radius 3 is 2.48 bits per heavy atom. The number of carbonyl (C=O) groups is 2. The average Bonchev–Trinajstić information content (AvgIpc) is 2.74. The van der Waals surface area contributed by atoms with Gasteiger partial charge in [0.25, 0.3) is 5.91 Å². The van der Waals surface area contributed by atoms with Crippen LogP contribution in [0.3, 0.4) is 0 Å². The summed E-state index contributed by atoms with van der Waals surface area (Å²) in [7, 11) is 5.41. The fourth-order valence-corrected chi connectivity index (χ4v) is 3.77. The van der Waals surface area contributed by atoms with Crippen molar-refractivity contribution >= 4 is 17.5 Å². The van der Waals surface area contributed by atoms with E-state index in [0.29, 0.717) is 36.0 Å². The van der Waals surface area contributed by atoms with Gasteiger partial charge in [0.1, 0.15) is 11.6 Å². The molecule has 2 aromatic rings. The number of amides is 2. The number of ether oxygens (including phenoxy) is 1. The Morgan fingerprint density at radius 1 is 1.19 bits per heavy atom. The van der Waals surface area contributed by atoms with Crippen molar-refractivity contribution in [2.45, 2.75) is 26.2 Å². The number of nitrogens with one attached hydrogen (secondary N) is 1. The van der Waals surface area contributed by atoms with E-state index < -0.39 is 0 Å². The summed E-state index contributed by atoms with van der Waals surface area (Å²) in [6.07, 6.45) is 4.11. The highest BCUT2D eigenvalue weighted by Gasteiger charge is 2.25. The molecular weight excluding hydrogens is 394 g/mol. The number of aromatic nitrogens is 2. The van der Waals surface area contributed by atoms with E-state index in [-0.39, 0.29) is 11.8 Å². The highest BCUT2D eigenvalue weighted by Crippen LogP contribution is 2.23. The van der Waals surface area contributed by atoms with E-state index in [1.54, 1.807) is 37.6 Å². The van der Waals surface area contributed by atoms with E-state index >= 15 is 0 Å². The number of piperidine rings is 1. The first kappa shape index (κ1) is 22.7. The van der Waals surface area contributed by atoms with Crippen LogP contribution in [0.4, 0.5) is 5.69 Å². The first-order valence-corrected chi connectivity index (χ1v) is 10.6. The lowest BCUT2D eigenvalue weighted by Gasteiger charge is -2.32. The molecule has 0 radical (unpaired) electrons. The Balaban J connectivity index is 1.65. The monoisotopic (exact) mass is 425 g/mol. The van der Waals surface area contributed by atoms with Crippen LogP contribution >= 0.6 is 0 Å². The Morgan fingerprint density at radius 2 is 1.87 bits per heavy atom. The molecule has 0 spiro atoms. The number of rotatable bonds is 7. The summed E-state index contributed by atoms with van der Waals surface area (Å²) in [4.78, 5) is 37.8. The number of likely N-dealkylation sites (tertiary alicyclic amines) is 1. The molecule has 1 aromatic carbocycles. The maximum absolute atomic E-state index is 12.9. The number of aryl methyl sites for hydroxylation is 1. The minimum atomic E-state index is -0.223. The fourth-order valence-electron chi connectivity index (χ4n) is 3.77. The minimum Gasteiger partial charge on any atom is -0.497 e. The summed E-state index contributed by atoms with van der Waals surface area (Å²) in [5.74, 6) is 1.70. The Bertz CT molecular complexity index is 906. The molecule has 8 nitrogen and oxygen atoms in total. The maximum atomic E-state index is 12.9. The highest BCUT2D eigenvalue weighted by atomic mass is 16.5. The number of likely N-dealkylation sites (N-methyl/N-ethyl adjacent to an activating group) is 1. The number of anilines is 1. The largest absolute Gasteiger partial charge is 0.497 e. The molecule has 3 rings (SSSR count). The molecule has 0 saturated carbocycles. The van der Waals surface area contributed by atoms with Crippen molar-refractivity contribution in [1.82, 2.24) is 19.8 Å². The van der Waals surface area contributed by atoms with E-state index in [0.717, 1.165) is 37.4 Å². The smallest absolute Gasteiger partial charge is 0.259 e. The number of hydrogen-bond acceptors (Lipinski definition) is 6. The zero-order chi connectivity index (χ0) is 22.4. The number of methoxy groups -OCH3 is 1. The third kappa shape index (κ3) is 6.24. The molecule has 0 bridgehead atoms. The molecule has 31 heavy (non-hydrogen) atoms. The molecule has 1 aromatic heterocycles. The van der Waals surface area contributed by atoms with E-state index in [9.17, 15) is 9.59 Å². The minimum absolute atomic E-state index is 0.167. The van der Waals surface area contributed by atoms with Gasteiger partial charge in [0.2, 0.25) is 5.91 Å². The van der Waals surface area contributed by atoms with Crippen molar-refractivity contribution in [2.75, 3.05) is 46.2 Å². The van der Waals surface area contributed by atoms with E-state index in [1.165, 1.54) is 0 Å². The molecule has 166 valence electrons. The number of benzene rings is 1. The number of carbonyl (C=O) groups excluding carboxylic acids is 2. The summed E-state index contributed by atoms with van der Waals surface area (Å²) >= 11 is 0. The van der Waals surface area contributed by atoms with Crippen LogP contribution in [0, 0.1) is 12.8 Å². The van der Waals surface area contributed by atoms with E-state index in [2.05, 4.69) is 15.3 Å². The van der Waals surface area contributed by atoms with Gasteiger partial charge in [0, 0.05) is 25.0 Å². The third-order valence-electron chi connectivity index (χ3n) is 5.48. The van der Waals surface area contributed by atoms with Gasteiger partial charge in [-0.1, -0.05) is 0 Å². The predicted octanol–water partition coefficient (Wildman–Crippen LogP) is 2.39. The van der Waals surface area contributed by atoms with Crippen LogP contribution in [0.1, 0.15) is 34.7 Å². The van der Waals surface area contributed by atoms with Crippen molar-refractivity contribution < 1.29 is 14.3 Å². The molecule has 1 aliphatic rings. The van der Waals surface area contributed by atoms with Crippen molar-refractivity contribution in [1.29, 1.82) is 0 Å². The predicted molar refractivity (Wildman–Crippen MR) is 119 cm³/mol. The average molecular weight is 426 g/mol. The van der Waals surface area contributed by atoms with Crippen molar-refractivity contribution in [3.05, 3.63) is 47.5 Å². The lowest BCUT2D eigenvalue weighted by molar-refractivity contribution is -0.133. The summed E-state index contributed by atoms with van der Waals surface area (Å²) < 4.78 is 5.16. The standard InChI is InChI=1S/C23H31N5O3/c1-16-24-14-20(23(30)26-18-5-7-19(31-4)8-6-18)21(25-16)13-17-9-11-28(12-10-17)22(29)15-27(2)3/h5-8,14,17H,9-13,15H2,1-4H3,(H,26,30). The van der Waals surface area contributed by atoms with Gasteiger partial charge in [0.15, 0.2) is 0 Å². The summed E-state index contributed by atoms with van der Waals surface area (Å²) in [5, 5.41) is 2.91. The zero-order valence-electron chi connectivity index (χ0n) is 18.7. The van der Waals surface area contributed by atoms with Gasteiger partial charge in [-0.05, 0) is 70.5 Å². The second-order valence-corrected chi connectivity index (χ2v) is 8.23. The van der Waals surface area contributed by atoms with Crippen LogP contribution in [0.2, 0.25) is 0 Å². The highest BCUT2D eigenvalue weighted by molar-refractivity contribution is 6.04. The molecule has 0 aliphatic carbocycles. The Labute approximate surface area is 183 Å². The van der Waals surface area contributed by atoms with Gasteiger partial charge >= 0.3 is 0 Å². The fraction of sp³-hybridized carbons (Fsp3) is 0.478. The Kier molecular flexibility index (Phi) is 7.57. The molecule has 8 heteroatoms. The molecule has 2 heterocycles. The molecule has 1 fully saturated rings. The molecule has 1 aliphatic heterocycles. The quantitative estimate of drug-likeness (QED) is 0.733. The van der Waals surface area contributed by atoms with Crippen LogP contribution in [0.5, 0.6) is 5.75 Å². The maximum Gasteiger partial charge on any atom is 0.259 e. The van der Waals surface area contributed by atoms with E-state index in [1.807, 2.05) is 30.8 Å². The first-order valence-electron chi connectivity index (χ1n) is 10.6. The SMILES string of the molecule is COc1ccc(NC(=O)c2cnc(C)nc2CC2CCN(C(=O)CN(C)C)CC2)cc1. The zero-order valence-corrected chi connectivity index (χ0v) is 18.7. The van der Waals surface area contributed by atoms with Crippen LogP contribution in [0.15, 0.2) is 30.5 Å². The molecule has 0 atom stereocenters. The molecule has 1 saturated heterocycles. The van der Waals surface area contributed by atoms with Crippen molar-refractivity contribution in [3.8, 4) is 5.75 Å². The normalized spacial score (nSPS) is 14.5. The lowest BCUT2D eigenvalue weighted by atomic mass is 9.90. The van der Waals surface area contributed by atoms with E-state index in [4.69, 9.17) is 4.74 Å². The van der Waals surface area contributed by atoms with Crippen molar-refractivity contribution in [3.63, 3.8) is 0 Å². The summed E-state index contributed by atoms with van der Waals surface area (Å²) in [6.45, 7) is 3.76. The molecule has 2 amide bonds. The number of hydrogen-bond donors (Lipinski definition) is 1. The van der Waals surface area contributed by atoms with Crippen LogP contribution in [-0.4, -0.2) is 72.4 Å². The summed E-state index contributed by atoms with van der Waals surface area (Å²) in [5.41, 5.74) is 1.94. The molecule has 0 unspecified atom stereocenters. The van der Waals surface area contributed by atoms with Gasteiger partial charge in [-0.2, -0.15) is 0 Å². The van der Waals surface area contributed by atoms with Gasteiger partial charge in [-0.25, -0.2) is 9.97 Å². The van der Waals surface area contributed by atoms with Crippen molar-refractivity contribution in [2.24, 2.45) is 5.92 Å². The topological polar surface area (TPSA) is 87.7 Å². The third-order valence-corrected chi connectivity index (χ3v) is 5.48. The van der Waals surface area contributed by atoms with Crippen LogP contribution < -0.4 is 10.1 Å². The van der Waals surface area contributed by atoms with Crippen LogP contribution in [-0.2, 0) is 11.2 Å². The molecular formula is C23H31N5O3. The lowest BCUT2D eigenvalue weighted by Crippen LogP contribution is -2.43. The van der Waals surface area contributed by atoms with Crippen LogP contribution in [0.25, 0.3) is 0 Å². The van der Waals surface area contributed by atoms with Gasteiger partial charge in [0.05, 0.1) is 24.9 Å². The van der Waals surface area contributed by atoms with Gasteiger partial charge < -0.3 is 19.9 Å². The van der Waals surface area contributed by atoms with Gasteiger partial charge in [-0.15, -0.1) is 0 Å². The second kappa shape index (κ2) is 10.3. The summed E-state index contributed by atoms with van der Waals surface area (Å²) in [6, 6.07) is 7.19. The van der Waals surface area contributed by atoms with Gasteiger partial charge in [-0.3, -0.25) is 9.59 Å². The molecule has 1 N–H and O–H groups in total. The first-order chi connectivity index (χ1) is 14.9. The second-order valence-electron chi connectivity index (χ2n) is 8.23. The number of nitrogens with zero attached hydrogens (tertiary/aromatic N) is 4. The Hall–Kier alpha value is -3.00.